The molecular formula is C20H22FNO3S. The number of carbonyl (C=O) groups is 2. The fourth-order valence-corrected chi connectivity index (χ4v) is 3.67. The van der Waals surface area contributed by atoms with E-state index < -0.39 is 17.9 Å². The molecule has 0 spiro atoms. The molecule has 26 heavy (non-hydrogen) atoms. The van der Waals surface area contributed by atoms with Gasteiger partial charge in [-0.2, -0.15) is 0 Å². The normalized spacial score (nSPS) is 14.7. The molecule has 1 aliphatic rings. The monoisotopic (exact) mass is 375 g/mol. The molecule has 0 saturated heterocycles. The molecule has 0 aliphatic heterocycles. The zero-order valence-electron chi connectivity index (χ0n) is 14.9. The first-order valence-corrected chi connectivity index (χ1v) is 9.65. The van der Waals surface area contributed by atoms with Crippen molar-refractivity contribution in [1.82, 2.24) is 5.32 Å². The van der Waals surface area contributed by atoms with E-state index in [0.29, 0.717) is 10.4 Å². The van der Waals surface area contributed by atoms with Crippen molar-refractivity contribution in [2.45, 2.75) is 51.7 Å². The van der Waals surface area contributed by atoms with Gasteiger partial charge < -0.3 is 10.1 Å². The van der Waals surface area contributed by atoms with Crippen LogP contribution >= 0.6 is 11.3 Å². The van der Waals surface area contributed by atoms with Crippen LogP contribution in [-0.4, -0.2) is 17.9 Å². The van der Waals surface area contributed by atoms with Crippen LogP contribution in [-0.2, 0) is 16.0 Å². The average Bonchev–Trinajstić information content (AvgIpc) is 3.35. The highest BCUT2D eigenvalue weighted by Gasteiger charge is 2.31. The Labute approximate surface area is 156 Å². The summed E-state index contributed by atoms with van der Waals surface area (Å²) in [7, 11) is 0. The number of esters is 1. The van der Waals surface area contributed by atoms with Crippen LogP contribution in [0.4, 0.5) is 4.39 Å². The lowest BCUT2D eigenvalue weighted by atomic mass is 10.1. The molecule has 138 valence electrons. The highest BCUT2D eigenvalue weighted by molar-refractivity contribution is 7.14. The third-order valence-electron chi connectivity index (χ3n) is 4.30. The Morgan fingerprint density at radius 3 is 2.62 bits per heavy atom. The minimum atomic E-state index is -1.08. The van der Waals surface area contributed by atoms with Crippen molar-refractivity contribution in [3.63, 3.8) is 0 Å². The quantitative estimate of drug-likeness (QED) is 0.733. The lowest BCUT2D eigenvalue weighted by Crippen LogP contribution is -2.33. The highest BCUT2D eigenvalue weighted by Crippen LogP contribution is 2.28. The summed E-state index contributed by atoms with van der Waals surface area (Å²) in [6.45, 7) is 4.06. The first-order valence-electron chi connectivity index (χ1n) is 8.84. The van der Waals surface area contributed by atoms with E-state index in [1.807, 2.05) is 13.0 Å². The summed E-state index contributed by atoms with van der Waals surface area (Å²) < 4.78 is 18.7. The van der Waals surface area contributed by atoms with Crippen LogP contribution in [0.3, 0.4) is 0 Å². The molecule has 1 amide bonds. The molecule has 1 aromatic carbocycles. The van der Waals surface area contributed by atoms with Gasteiger partial charge in [0.05, 0.1) is 0 Å². The van der Waals surface area contributed by atoms with Crippen molar-refractivity contribution in [2.75, 3.05) is 0 Å². The summed E-state index contributed by atoms with van der Waals surface area (Å²) in [4.78, 5) is 26.7. The standard InChI is InChI=1S/C20H22FNO3S/c1-3-4-14-11-17(26-12(14)2)20(24)25-18(19(23)22-16-9-10-16)13-5-7-15(21)8-6-13/h5-8,11,16,18H,3-4,9-10H2,1-2H3,(H,22,23)/t18-/m1/s1. The summed E-state index contributed by atoms with van der Waals surface area (Å²) in [5.41, 5.74) is 1.59. The van der Waals surface area contributed by atoms with E-state index in [2.05, 4.69) is 12.2 Å². The molecule has 1 atom stereocenters. The lowest BCUT2D eigenvalue weighted by Gasteiger charge is -2.17. The van der Waals surface area contributed by atoms with Crippen molar-refractivity contribution in [3.05, 3.63) is 57.0 Å². The number of ether oxygens (including phenoxy) is 1. The molecule has 1 heterocycles. The second-order valence-corrected chi connectivity index (χ2v) is 7.82. The molecule has 1 aliphatic carbocycles. The number of rotatable bonds is 7. The van der Waals surface area contributed by atoms with Gasteiger partial charge in [-0.25, -0.2) is 9.18 Å². The molecule has 0 bridgehead atoms. The number of amides is 1. The fourth-order valence-electron chi connectivity index (χ4n) is 2.72. The van der Waals surface area contributed by atoms with E-state index >= 15 is 0 Å². The van der Waals surface area contributed by atoms with Crippen molar-refractivity contribution < 1.29 is 18.7 Å². The van der Waals surface area contributed by atoms with Crippen molar-refractivity contribution in [2.24, 2.45) is 0 Å². The van der Waals surface area contributed by atoms with Crippen LogP contribution in [0.15, 0.2) is 30.3 Å². The summed E-state index contributed by atoms with van der Waals surface area (Å²) in [5, 5.41) is 2.85. The molecule has 1 fully saturated rings. The van der Waals surface area contributed by atoms with Crippen LogP contribution in [0.5, 0.6) is 0 Å². The third-order valence-corrected chi connectivity index (χ3v) is 5.37. The number of hydrogen-bond acceptors (Lipinski definition) is 4. The van der Waals surface area contributed by atoms with E-state index in [-0.39, 0.29) is 11.9 Å². The Morgan fingerprint density at radius 2 is 2.00 bits per heavy atom. The maximum Gasteiger partial charge on any atom is 0.349 e. The molecule has 1 aromatic heterocycles. The first-order chi connectivity index (χ1) is 12.5. The van der Waals surface area contributed by atoms with Crippen molar-refractivity contribution in [1.29, 1.82) is 0 Å². The smallest absolute Gasteiger partial charge is 0.349 e. The van der Waals surface area contributed by atoms with Crippen LogP contribution in [0.2, 0.25) is 0 Å². The van der Waals surface area contributed by atoms with Gasteiger partial charge in [0, 0.05) is 16.5 Å². The molecule has 3 rings (SSSR count). The van der Waals surface area contributed by atoms with Crippen LogP contribution in [0.25, 0.3) is 0 Å². The van der Waals surface area contributed by atoms with Gasteiger partial charge in [-0.1, -0.05) is 25.5 Å². The van der Waals surface area contributed by atoms with E-state index in [1.54, 1.807) is 0 Å². The number of halogens is 1. The zero-order chi connectivity index (χ0) is 18.7. The molecule has 2 aromatic rings. The van der Waals surface area contributed by atoms with Gasteiger partial charge in [-0.05, 0) is 49.9 Å². The maximum atomic E-state index is 13.2. The average molecular weight is 375 g/mol. The van der Waals surface area contributed by atoms with E-state index in [9.17, 15) is 14.0 Å². The number of nitrogens with one attached hydrogen (secondary N) is 1. The second-order valence-electron chi connectivity index (χ2n) is 6.56. The van der Waals surface area contributed by atoms with Crippen molar-refractivity contribution >= 4 is 23.2 Å². The predicted molar refractivity (Wildman–Crippen MR) is 98.8 cm³/mol. The number of aryl methyl sites for hydroxylation is 2. The third kappa shape index (κ3) is 4.49. The minimum Gasteiger partial charge on any atom is -0.443 e. The zero-order valence-corrected chi connectivity index (χ0v) is 15.7. The Bertz CT molecular complexity index is 796. The fraction of sp³-hybridized carbons (Fsp3) is 0.400. The molecule has 1 N–H and O–H groups in total. The SMILES string of the molecule is CCCc1cc(C(=O)O[C@@H](C(=O)NC2CC2)c2ccc(F)cc2)sc1C. The highest BCUT2D eigenvalue weighted by atomic mass is 32.1. The van der Waals surface area contributed by atoms with E-state index in [1.165, 1.54) is 35.6 Å². The van der Waals surface area contributed by atoms with Gasteiger partial charge >= 0.3 is 5.97 Å². The number of thiophene rings is 1. The topological polar surface area (TPSA) is 55.4 Å². The van der Waals surface area contributed by atoms with Gasteiger partial charge in [0.2, 0.25) is 6.10 Å². The van der Waals surface area contributed by atoms with Crippen molar-refractivity contribution in [3.8, 4) is 0 Å². The minimum absolute atomic E-state index is 0.143. The number of carbonyl (C=O) groups excluding carboxylic acids is 2. The van der Waals surface area contributed by atoms with E-state index in [0.717, 1.165) is 36.1 Å². The van der Waals surface area contributed by atoms with Crippen LogP contribution in [0, 0.1) is 12.7 Å². The molecular weight excluding hydrogens is 353 g/mol. The van der Waals surface area contributed by atoms with Crippen LogP contribution in [0.1, 0.15) is 58.0 Å². The lowest BCUT2D eigenvalue weighted by molar-refractivity contribution is -0.130. The van der Waals surface area contributed by atoms with E-state index in [4.69, 9.17) is 4.74 Å². The summed E-state index contributed by atoms with van der Waals surface area (Å²) in [5.74, 6) is -1.30. The molecule has 4 nitrogen and oxygen atoms in total. The molecule has 0 radical (unpaired) electrons. The van der Waals surface area contributed by atoms with Gasteiger partial charge in [-0.15, -0.1) is 11.3 Å². The maximum absolute atomic E-state index is 13.2. The Morgan fingerprint density at radius 1 is 1.31 bits per heavy atom. The Kier molecular flexibility index (Phi) is 5.71. The Balaban J connectivity index is 1.79. The Hall–Kier alpha value is -2.21. The van der Waals surface area contributed by atoms with Gasteiger partial charge in [-0.3, -0.25) is 4.79 Å². The molecule has 6 heteroatoms. The first kappa shape index (κ1) is 18.6. The second kappa shape index (κ2) is 7.99. The summed E-state index contributed by atoms with van der Waals surface area (Å²) in [6, 6.07) is 7.45. The van der Waals surface area contributed by atoms with Gasteiger partial charge in [0.1, 0.15) is 10.7 Å². The number of hydrogen-bond donors (Lipinski definition) is 1. The van der Waals surface area contributed by atoms with Gasteiger partial charge in [0.25, 0.3) is 5.91 Å². The molecule has 0 unspecified atom stereocenters. The largest absolute Gasteiger partial charge is 0.443 e. The van der Waals surface area contributed by atoms with Gasteiger partial charge in [0.15, 0.2) is 0 Å². The summed E-state index contributed by atoms with van der Waals surface area (Å²) in [6.07, 6.45) is 2.68. The van der Waals surface area contributed by atoms with Crippen LogP contribution < -0.4 is 5.32 Å². The molecule has 1 saturated carbocycles. The summed E-state index contributed by atoms with van der Waals surface area (Å²) >= 11 is 1.37. The number of benzene rings is 1. The predicted octanol–water partition coefficient (Wildman–Crippen LogP) is 4.32.